The maximum absolute atomic E-state index is 14.4. The lowest BCUT2D eigenvalue weighted by molar-refractivity contribution is -0.120. The zero-order valence-corrected chi connectivity index (χ0v) is 35.8. The predicted octanol–water partition coefficient (Wildman–Crippen LogP) is 6.47. The number of aromatic nitrogens is 6. The number of amides is 3. The van der Waals surface area contributed by atoms with Crippen molar-refractivity contribution in [3.63, 3.8) is 0 Å². The molecule has 0 aliphatic carbocycles. The Bertz CT molecular complexity index is 2650. The van der Waals surface area contributed by atoms with Crippen LogP contribution in [0.4, 0.5) is 26.5 Å². The van der Waals surface area contributed by atoms with Gasteiger partial charge >= 0.3 is 6.03 Å². The molecule has 0 unspecified atom stereocenters. The third-order valence-corrected chi connectivity index (χ3v) is 13.5. The number of halogens is 1. The first-order valence-electron chi connectivity index (χ1n) is 22.1. The summed E-state index contributed by atoms with van der Waals surface area (Å²) in [7, 11) is 1.91. The van der Waals surface area contributed by atoms with Gasteiger partial charge in [-0.15, -0.1) is 0 Å². The fraction of sp³-hybridized carbons (Fsp3) is 0.404. The molecule has 0 saturated carbocycles. The molecule has 3 aromatic carbocycles. The minimum atomic E-state index is -0.554. The van der Waals surface area contributed by atoms with E-state index in [4.69, 9.17) is 10.5 Å². The zero-order chi connectivity index (χ0) is 43.2. The van der Waals surface area contributed by atoms with Crippen LogP contribution >= 0.6 is 0 Å². The lowest BCUT2D eigenvalue weighted by Gasteiger charge is -2.39. The van der Waals surface area contributed by atoms with Gasteiger partial charge in [0.2, 0.25) is 5.91 Å². The van der Waals surface area contributed by atoms with Crippen LogP contribution in [0, 0.1) is 17.7 Å². The highest BCUT2D eigenvalue weighted by Crippen LogP contribution is 2.38. The van der Waals surface area contributed by atoms with E-state index in [-0.39, 0.29) is 24.0 Å². The topological polar surface area (TPSA) is 156 Å². The number of carbonyl (C=O) groups excluding carboxylic acids is 2. The Morgan fingerprint density at radius 3 is 2.43 bits per heavy atom. The number of fused-ring (bicyclic) bond motifs is 2. The number of urea groups is 1. The first kappa shape index (κ1) is 40.7. The molecule has 0 bridgehead atoms. The van der Waals surface area contributed by atoms with Crippen LogP contribution in [0.15, 0.2) is 79.3 Å². The quantitative estimate of drug-likeness (QED) is 0.147. The van der Waals surface area contributed by atoms with Gasteiger partial charge < -0.3 is 20.3 Å². The summed E-state index contributed by atoms with van der Waals surface area (Å²) in [6, 6.07) is 18.9. The number of piperidine rings is 2. The van der Waals surface area contributed by atoms with Gasteiger partial charge in [0.25, 0.3) is 0 Å². The number of nitrogens with two attached hydrogens (primary N) is 1. The van der Waals surface area contributed by atoms with E-state index < -0.39 is 12.1 Å². The molecule has 326 valence electrons. The molecule has 16 heteroatoms. The Labute approximate surface area is 365 Å². The van der Waals surface area contributed by atoms with Crippen LogP contribution in [-0.2, 0) is 24.9 Å². The summed E-state index contributed by atoms with van der Waals surface area (Å²) in [5.41, 5.74) is 14.5. The number of carbonyl (C=O) groups is 2. The van der Waals surface area contributed by atoms with Crippen molar-refractivity contribution in [3.05, 3.63) is 102 Å². The van der Waals surface area contributed by atoms with Crippen LogP contribution in [0.2, 0.25) is 0 Å². The van der Waals surface area contributed by atoms with Gasteiger partial charge in [0, 0.05) is 87.7 Å². The van der Waals surface area contributed by atoms with Crippen molar-refractivity contribution in [2.75, 3.05) is 61.3 Å². The van der Waals surface area contributed by atoms with E-state index in [0.29, 0.717) is 41.2 Å². The van der Waals surface area contributed by atoms with E-state index in [1.54, 1.807) is 23.4 Å². The van der Waals surface area contributed by atoms with Gasteiger partial charge in [-0.1, -0.05) is 18.2 Å². The van der Waals surface area contributed by atoms with Gasteiger partial charge in [0.15, 0.2) is 17.4 Å². The molecular formula is C47H53FN12O3. The van der Waals surface area contributed by atoms with Crippen LogP contribution < -0.4 is 25.6 Å². The van der Waals surface area contributed by atoms with Gasteiger partial charge in [0.1, 0.15) is 11.9 Å². The molecule has 3 saturated heterocycles. The summed E-state index contributed by atoms with van der Waals surface area (Å²) in [6.07, 6.45) is 9.45. The monoisotopic (exact) mass is 852 g/mol. The average molecular weight is 853 g/mol. The number of benzene rings is 3. The molecule has 0 spiro atoms. The molecule has 3 N–H and O–H groups in total. The number of nitrogen functional groups attached to an aromatic ring is 1. The predicted molar refractivity (Wildman–Crippen MR) is 239 cm³/mol. The van der Waals surface area contributed by atoms with Gasteiger partial charge in [-0.3, -0.25) is 24.6 Å². The molecule has 15 nitrogen and oxygen atoms in total. The highest BCUT2D eigenvalue weighted by Gasteiger charge is 2.31. The van der Waals surface area contributed by atoms with E-state index >= 15 is 0 Å². The number of pyridine rings is 1. The van der Waals surface area contributed by atoms with E-state index in [1.807, 2.05) is 30.9 Å². The number of nitrogens with one attached hydrogen (secondary N) is 1. The first-order valence-corrected chi connectivity index (χ1v) is 22.1. The van der Waals surface area contributed by atoms with Gasteiger partial charge in [-0.05, 0) is 117 Å². The maximum Gasteiger partial charge on any atom is 0.329 e. The van der Waals surface area contributed by atoms with Crippen molar-refractivity contribution in [2.45, 2.75) is 58.2 Å². The second kappa shape index (κ2) is 17.1. The average Bonchev–Trinajstić information content (AvgIpc) is 4.05. The standard InChI is InChI=1S/C47H53FN12O3/c1-30(39-23-35(48)6-9-41(39)60-51-15-16-52-60)63-43-22-34(25-50-45(43)49)37-5-3-4-33-28-57(29-40(33)37)27-31-10-17-56(18-11-31)26-32-12-19-58(20-13-32)36-7-8-38-42(24-36)55(2)54-46(38)59-21-14-44(61)53-47(59)62/h3-9,15-16,22-25,30-32H,10-14,17-21,26-29H2,1-2H3,(H2,49,50)(H,53,61,62)/t30-/m1/s1. The number of hydrogen-bond acceptors (Lipinski definition) is 11. The molecule has 4 aliphatic heterocycles. The Hall–Kier alpha value is -6.39. The number of anilines is 3. The molecule has 6 aromatic rings. The number of aryl methyl sites for hydroxylation is 1. The van der Waals surface area contributed by atoms with Crippen molar-refractivity contribution < 1.29 is 18.7 Å². The van der Waals surface area contributed by atoms with Crippen LogP contribution in [0.5, 0.6) is 5.75 Å². The summed E-state index contributed by atoms with van der Waals surface area (Å²) in [6.45, 7) is 10.6. The first-order chi connectivity index (χ1) is 30.6. The Balaban J connectivity index is 0.714. The van der Waals surface area contributed by atoms with Gasteiger partial charge in [0.05, 0.1) is 23.6 Å². The number of hydrogen-bond donors (Lipinski definition) is 2. The van der Waals surface area contributed by atoms with Crippen LogP contribution in [0.1, 0.15) is 61.8 Å². The highest BCUT2D eigenvalue weighted by atomic mass is 19.1. The lowest BCUT2D eigenvalue weighted by Crippen LogP contribution is -2.49. The van der Waals surface area contributed by atoms with Crippen molar-refractivity contribution >= 4 is 40.2 Å². The number of ether oxygens (including phenoxy) is 1. The van der Waals surface area contributed by atoms with E-state index in [1.165, 1.54) is 59.4 Å². The number of rotatable bonds is 11. The fourth-order valence-electron chi connectivity index (χ4n) is 10.1. The van der Waals surface area contributed by atoms with Gasteiger partial charge in [-0.25, -0.2) is 14.2 Å². The summed E-state index contributed by atoms with van der Waals surface area (Å²) in [5, 5.41) is 16.5. The van der Waals surface area contributed by atoms with Crippen molar-refractivity contribution in [1.29, 1.82) is 0 Å². The molecule has 7 heterocycles. The summed E-state index contributed by atoms with van der Waals surface area (Å²) >= 11 is 0. The van der Waals surface area contributed by atoms with Gasteiger partial charge in [-0.2, -0.15) is 20.1 Å². The Kier molecular flexibility index (Phi) is 11.0. The normalized spacial score (nSPS) is 18.6. The smallest absolute Gasteiger partial charge is 0.329 e. The minimum absolute atomic E-state index is 0.249. The second-order valence-corrected chi connectivity index (χ2v) is 17.6. The van der Waals surface area contributed by atoms with Crippen LogP contribution in [0.3, 0.4) is 0 Å². The van der Waals surface area contributed by atoms with E-state index in [0.717, 1.165) is 74.4 Å². The third kappa shape index (κ3) is 8.32. The number of imide groups is 1. The summed E-state index contributed by atoms with van der Waals surface area (Å²) in [5.74, 6) is 2.04. The van der Waals surface area contributed by atoms with Crippen molar-refractivity contribution in [1.82, 2.24) is 44.9 Å². The molecule has 3 fully saturated rings. The fourth-order valence-corrected chi connectivity index (χ4v) is 10.1. The zero-order valence-electron chi connectivity index (χ0n) is 35.8. The van der Waals surface area contributed by atoms with Crippen molar-refractivity contribution in [2.24, 2.45) is 18.9 Å². The number of nitrogens with zero attached hydrogens (tertiary/aromatic N) is 10. The summed E-state index contributed by atoms with van der Waals surface area (Å²) < 4.78 is 22.7. The molecule has 63 heavy (non-hydrogen) atoms. The second-order valence-electron chi connectivity index (χ2n) is 17.6. The minimum Gasteiger partial charge on any atom is -0.482 e. The maximum atomic E-state index is 14.4. The Morgan fingerprint density at radius 2 is 1.65 bits per heavy atom. The van der Waals surface area contributed by atoms with Crippen LogP contribution in [0.25, 0.3) is 27.7 Å². The van der Waals surface area contributed by atoms with Crippen molar-refractivity contribution in [3.8, 4) is 22.6 Å². The molecule has 4 aliphatic rings. The molecule has 3 aromatic heterocycles. The highest BCUT2D eigenvalue weighted by molar-refractivity contribution is 6.09. The SMILES string of the molecule is C[C@@H](Oc1cc(-c2cccc3c2CN(CC2CCN(CC4CCN(c5ccc6c(N7CCC(=O)NC7=O)nn(C)c6c5)CC4)CC2)C3)cnc1N)c1cc(F)ccc1-n1nccn1. The third-order valence-electron chi connectivity index (χ3n) is 13.5. The van der Waals surface area contributed by atoms with E-state index in [2.05, 4.69) is 76.7 Å². The van der Waals surface area contributed by atoms with Crippen LogP contribution in [-0.4, -0.2) is 97.3 Å². The largest absolute Gasteiger partial charge is 0.482 e. The number of likely N-dealkylation sites (tertiary alicyclic amines) is 1. The molecule has 10 rings (SSSR count). The molecule has 0 radical (unpaired) electrons. The van der Waals surface area contributed by atoms with E-state index in [9.17, 15) is 14.0 Å². The molecule has 3 amide bonds. The lowest BCUT2D eigenvalue weighted by atomic mass is 9.92. The molecular weight excluding hydrogens is 800 g/mol. The Morgan fingerprint density at radius 1 is 0.889 bits per heavy atom. The summed E-state index contributed by atoms with van der Waals surface area (Å²) in [4.78, 5) is 39.5. The molecule has 1 atom stereocenters.